The van der Waals surface area contributed by atoms with Crippen LogP contribution in [0.4, 0.5) is 0 Å². The van der Waals surface area contributed by atoms with E-state index in [-0.39, 0.29) is 11.8 Å². The van der Waals surface area contributed by atoms with E-state index in [2.05, 4.69) is 21.2 Å². The van der Waals surface area contributed by atoms with Gasteiger partial charge in [-0.3, -0.25) is 14.9 Å². The van der Waals surface area contributed by atoms with Gasteiger partial charge >= 0.3 is 0 Å². The summed E-state index contributed by atoms with van der Waals surface area (Å²) in [6, 6.07) is 9.76. The number of allylic oxidation sites excluding steroid dienone is 2. The maximum Gasteiger partial charge on any atom is 0.238 e. The molecule has 0 spiro atoms. The maximum atomic E-state index is 12.2. The molecular weight excluding hydrogens is 306 g/mol. The zero-order valence-corrected chi connectivity index (χ0v) is 11.7. The molecule has 1 N–H and O–H groups in total. The van der Waals surface area contributed by atoms with Crippen LogP contribution in [-0.2, 0) is 16.0 Å². The molecular formula is C15H12BrNO2. The van der Waals surface area contributed by atoms with Gasteiger partial charge in [0.25, 0.3) is 0 Å². The number of nitrogens with one attached hydrogen (secondary N) is 1. The van der Waals surface area contributed by atoms with Crippen molar-refractivity contribution in [2.24, 2.45) is 11.3 Å². The first-order valence-electron chi connectivity index (χ1n) is 6.08. The summed E-state index contributed by atoms with van der Waals surface area (Å²) < 4.78 is 0.839. The van der Waals surface area contributed by atoms with Gasteiger partial charge in [-0.25, -0.2) is 0 Å². The minimum absolute atomic E-state index is 0.209. The van der Waals surface area contributed by atoms with Crippen LogP contribution < -0.4 is 5.32 Å². The van der Waals surface area contributed by atoms with Crippen molar-refractivity contribution in [1.82, 2.24) is 5.32 Å². The summed E-state index contributed by atoms with van der Waals surface area (Å²) in [6.45, 7) is 0. The van der Waals surface area contributed by atoms with Crippen LogP contribution in [0.15, 0.2) is 53.0 Å². The molecule has 1 aliphatic carbocycles. The second-order valence-electron chi connectivity index (χ2n) is 4.88. The Kier molecular flexibility index (Phi) is 2.90. The lowest BCUT2D eigenvalue weighted by Crippen LogP contribution is -2.36. The third-order valence-corrected chi connectivity index (χ3v) is 4.23. The molecule has 0 radical (unpaired) electrons. The fourth-order valence-corrected chi connectivity index (χ4v) is 3.11. The minimum atomic E-state index is -0.782. The molecule has 2 aliphatic rings. The van der Waals surface area contributed by atoms with Gasteiger partial charge in [0.15, 0.2) is 0 Å². The highest BCUT2D eigenvalue weighted by molar-refractivity contribution is 9.11. The standard InChI is InChI=1S/C15H12BrNO2/c16-11-6-7-15(9-10-4-2-1-3-5-10)12(8-11)13(18)17-14(15)19/h1-8,12H,9H2,(H,17,18,19). The highest BCUT2D eigenvalue weighted by Gasteiger charge is 2.53. The van der Waals surface area contributed by atoms with E-state index in [4.69, 9.17) is 0 Å². The number of carbonyl (C=O) groups excluding carboxylic acids is 2. The van der Waals surface area contributed by atoms with E-state index in [1.165, 1.54) is 0 Å². The van der Waals surface area contributed by atoms with Crippen LogP contribution in [0.2, 0.25) is 0 Å². The number of rotatable bonds is 2. The van der Waals surface area contributed by atoms with Gasteiger partial charge in [0.2, 0.25) is 11.8 Å². The molecule has 4 heteroatoms. The third-order valence-electron chi connectivity index (χ3n) is 3.70. The van der Waals surface area contributed by atoms with Crippen molar-refractivity contribution in [3.8, 4) is 0 Å². The van der Waals surface area contributed by atoms with Crippen molar-refractivity contribution >= 4 is 27.7 Å². The van der Waals surface area contributed by atoms with E-state index < -0.39 is 11.3 Å². The summed E-state index contributed by atoms with van der Waals surface area (Å²) >= 11 is 3.36. The summed E-state index contributed by atoms with van der Waals surface area (Å²) in [7, 11) is 0. The van der Waals surface area contributed by atoms with Crippen molar-refractivity contribution in [3.05, 3.63) is 58.6 Å². The number of hydrogen-bond acceptors (Lipinski definition) is 2. The van der Waals surface area contributed by atoms with Gasteiger partial charge in [-0.2, -0.15) is 0 Å². The summed E-state index contributed by atoms with van der Waals surface area (Å²) in [6.07, 6.45) is 6.03. The van der Waals surface area contributed by atoms with Crippen LogP contribution >= 0.6 is 15.9 Å². The first-order valence-corrected chi connectivity index (χ1v) is 6.87. The SMILES string of the molecule is O=C1NC(=O)C2(Cc3ccccc3)C=CC(Br)=CC12. The van der Waals surface area contributed by atoms with Crippen molar-refractivity contribution in [1.29, 1.82) is 0 Å². The zero-order chi connectivity index (χ0) is 13.5. The van der Waals surface area contributed by atoms with E-state index in [1.54, 1.807) is 0 Å². The van der Waals surface area contributed by atoms with Crippen molar-refractivity contribution in [2.45, 2.75) is 6.42 Å². The van der Waals surface area contributed by atoms with Crippen LogP contribution in [0, 0.1) is 11.3 Å². The van der Waals surface area contributed by atoms with Crippen molar-refractivity contribution in [2.75, 3.05) is 0 Å². The Hall–Kier alpha value is -1.68. The van der Waals surface area contributed by atoms with E-state index in [0.29, 0.717) is 6.42 Å². The van der Waals surface area contributed by atoms with Crippen LogP contribution in [0.1, 0.15) is 5.56 Å². The zero-order valence-electron chi connectivity index (χ0n) is 10.1. The maximum absolute atomic E-state index is 12.2. The number of amides is 2. The molecule has 1 fully saturated rings. The molecule has 0 saturated carbocycles. The molecule has 96 valence electrons. The predicted octanol–water partition coefficient (Wildman–Crippen LogP) is 2.34. The molecule has 3 nitrogen and oxygen atoms in total. The summed E-state index contributed by atoms with van der Waals surface area (Å²) in [5.74, 6) is -0.860. The number of hydrogen-bond donors (Lipinski definition) is 1. The van der Waals surface area contributed by atoms with Gasteiger partial charge in [0.05, 0.1) is 11.3 Å². The van der Waals surface area contributed by atoms with E-state index in [0.717, 1.165) is 10.0 Å². The van der Waals surface area contributed by atoms with Crippen LogP contribution in [-0.4, -0.2) is 11.8 Å². The lowest BCUT2D eigenvalue weighted by molar-refractivity contribution is -0.127. The monoisotopic (exact) mass is 317 g/mol. The summed E-state index contributed by atoms with van der Waals surface area (Å²) in [5.41, 5.74) is 0.267. The Balaban J connectivity index is 2.03. The van der Waals surface area contributed by atoms with Gasteiger partial charge in [0.1, 0.15) is 0 Å². The Morgan fingerprint density at radius 1 is 1.21 bits per heavy atom. The van der Waals surface area contributed by atoms with Gasteiger partial charge in [-0.15, -0.1) is 0 Å². The quantitative estimate of drug-likeness (QED) is 0.851. The van der Waals surface area contributed by atoms with E-state index >= 15 is 0 Å². The lowest BCUT2D eigenvalue weighted by atomic mass is 9.70. The topological polar surface area (TPSA) is 46.2 Å². The average molecular weight is 318 g/mol. The largest absolute Gasteiger partial charge is 0.295 e. The number of imide groups is 1. The first-order chi connectivity index (χ1) is 9.12. The Morgan fingerprint density at radius 3 is 2.68 bits per heavy atom. The number of benzene rings is 1. The Labute approximate surface area is 119 Å². The molecule has 3 rings (SSSR count). The molecule has 0 bridgehead atoms. The van der Waals surface area contributed by atoms with Crippen molar-refractivity contribution < 1.29 is 9.59 Å². The smallest absolute Gasteiger partial charge is 0.238 e. The van der Waals surface area contributed by atoms with Crippen LogP contribution in [0.25, 0.3) is 0 Å². The predicted molar refractivity (Wildman–Crippen MR) is 75.4 cm³/mol. The van der Waals surface area contributed by atoms with Gasteiger partial charge < -0.3 is 0 Å². The Morgan fingerprint density at radius 2 is 1.95 bits per heavy atom. The third kappa shape index (κ3) is 1.96. The van der Waals surface area contributed by atoms with Crippen molar-refractivity contribution in [3.63, 3.8) is 0 Å². The molecule has 1 saturated heterocycles. The second kappa shape index (κ2) is 4.46. The lowest BCUT2D eigenvalue weighted by Gasteiger charge is -2.29. The van der Waals surface area contributed by atoms with Gasteiger partial charge in [0, 0.05) is 4.48 Å². The first kappa shape index (κ1) is 12.4. The molecule has 1 aromatic rings. The number of fused-ring (bicyclic) bond motifs is 1. The normalized spacial score (nSPS) is 28.9. The fourth-order valence-electron chi connectivity index (χ4n) is 2.71. The molecule has 2 amide bonds. The summed E-state index contributed by atoms with van der Waals surface area (Å²) in [5, 5.41) is 2.45. The molecule has 2 atom stereocenters. The summed E-state index contributed by atoms with van der Waals surface area (Å²) in [4.78, 5) is 24.2. The molecule has 1 aliphatic heterocycles. The number of carbonyl (C=O) groups is 2. The van der Waals surface area contributed by atoms with E-state index in [9.17, 15) is 9.59 Å². The second-order valence-corrected chi connectivity index (χ2v) is 5.80. The highest BCUT2D eigenvalue weighted by Crippen LogP contribution is 2.43. The Bertz CT molecular complexity index is 606. The van der Waals surface area contributed by atoms with E-state index in [1.807, 2.05) is 48.6 Å². The molecule has 19 heavy (non-hydrogen) atoms. The van der Waals surface area contributed by atoms with Crippen LogP contribution in [0.3, 0.4) is 0 Å². The number of halogens is 1. The fraction of sp³-hybridized carbons (Fsp3) is 0.200. The van der Waals surface area contributed by atoms with Gasteiger partial charge in [-0.05, 0) is 12.0 Å². The average Bonchev–Trinajstić information content (AvgIpc) is 2.64. The van der Waals surface area contributed by atoms with Gasteiger partial charge in [-0.1, -0.05) is 64.5 Å². The molecule has 1 aromatic carbocycles. The minimum Gasteiger partial charge on any atom is -0.295 e. The highest BCUT2D eigenvalue weighted by atomic mass is 79.9. The molecule has 1 heterocycles. The molecule has 2 unspecified atom stereocenters. The van der Waals surface area contributed by atoms with Crippen LogP contribution in [0.5, 0.6) is 0 Å². The molecule has 0 aromatic heterocycles.